The topological polar surface area (TPSA) is 50.5 Å². The van der Waals surface area contributed by atoms with Gasteiger partial charge in [0.05, 0.1) is 10.9 Å². The van der Waals surface area contributed by atoms with Crippen molar-refractivity contribution in [1.29, 1.82) is 0 Å². The van der Waals surface area contributed by atoms with Gasteiger partial charge in [-0.2, -0.15) is 0 Å². The van der Waals surface area contributed by atoms with Crippen LogP contribution in [0.5, 0.6) is 0 Å². The molecule has 0 saturated carbocycles. The Morgan fingerprint density at radius 3 is 2.58 bits per heavy atom. The highest BCUT2D eigenvalue weighted by atomic mass is 16.3. The van der Waals surface area contributed by atoms with E-state index in [9.17, 15) is 9.59 Å². The Labute approximate surface area is 111 Å². The normalized spacial score (nSPS) is 10.7. The van der Waals surface area contributed by atoms with Crippen molar-refractivity contribution in [3.63, 3.8) is 0 Å². The Morgan fingerprint density at radius 2 is 1.95 bits per heavy atom. The zero-order chi connectivity index (χ0) is 14.0. The number of nitrogens with zero attached hydrogens (tertiary/aromatic N) is 1. The molecule has 4 nitrogen and oxygen atoms in total. The fraction of sp³-hybridized carbons (Fsp3) is 0.333. The molecule has 0 N–H and O–H groups in total. The van der Waals surface area contributed by atoms with Gasteiger partial charge in [0.2, 0.25) is 0 Å². The fourth-order valence-electron chi connectivity index (χ4n) is 2.14. The Hall–Kier alpha value is -2.10. The summed E-state index contributed by atoms with van der Waals surface area (Å²) in [7, 11) is 0. The van der Waals surface area contributed by atoms with Gasteiger partial charge in [-0.25, -0.2) is 0 Å². The molecule has 0 bridgehead atoms. The summed E-state index contributed by atoms with van der Waals surface area (Å²) in [5.74, 6) is 0.404. The number of carbonyl (C=O) groups is 1. The number of para-hydroxylation sites is 1. The predicted octanol–water partition coefficient (Wildman–Crippen LogP) is 2.58. The van der Waals surface area contributed by atoms with Crippen molar-refractivity contribution in [3.8, 4) is 0 Å². The third-order valence-corrected chi connectivity index (χ3v) is 3.16. The zero-order valence-electron chi connectivity index (χ0n) is 11.4. The van der Waals surface area contributed by atoms with Crippen LogP contribution in [0.1, 0.15) is 30.0 Å². The van der Waals surface area contributed by atoms with Gasteiger partial charge in [-0.05, 0) is 32.9 Å². The van der Waals surface area contributed by atoms with E-state index >= 15 is 0 Å². The first-order chi connectivity index (χ1) is 9.08. The second-order valence-corrected chi connectivity index (χ2v) is 4.38. The van der Waals surface area contributed by atoms with E-state index in [2.05, 4.69) is 0 Å². The fourth-order valence-corrected chi connectivity index (χ4v) is 2.14. The Kier molecular flexibility index (Phi) is 3.69. The van der Waals surface area contributed by atoms with Crippen molar-refractivity contribution < 1.29 is 9.21 Å². The smallest absolute Gasteiger partial charge is 0.257 e. The molecule has 100 valence electrons. The maximum Gasteiger partial charge on any atom is 0.257 e. The lowest BCUT2D eigenvalue weighted by molar-refractivity contribution is 0.0773. The number of rotatable bonds is 3. The molecule has 2 aromatic rings. The van der Waals surface area contributed by atoms with Crippen LogP contribution in [0.15, 0.2) is 33.5 Å². The summed E-state index contributed by atoms with van der Waals surface area (Å²) in [5, 5.41) is 0.448. The van der Waals surface area contributed by atoms with Crippen LogP contribution in [0.25, 0.3) is 11.0 Å². The van der Waals surface area contributed by atoms with E-state index in [4.69, 9.17) is 4.42 Å². The predicted molar refractivity (Wildman–Crippen MR) is 74.5 cm³/mol. The third-order valence-electron chi connectivity index (χ3n) is 3.16. The molecular formula is C15H17NO3. The van der Waals surface area contributed by atoms with Crippen molar-refractivity contribution in [2.45, 2.75) is 20.8 Å². The number of hydrogen-bond donors (Lipinski definition) is 0. The molecule has 0 spiro atoms. The summed E-state index contributed by atoms with van der Waals surface area (Å²) in [6.07, 6.45) is 0. The Bertz CT molecular complexity index is 669. The Balaban J connectivity index is 2.68. The molecule has 1 amide bonds. The molecule has 2 rings (SSSR count). The van der Waals surface area contributed by atoms with Crippen LogP contribution in [0.4, 0.5) is 0 Å². The maximum absolute atomic E-state index is 12.4. The van der Waals surface area contributed by atoms with E-state index in [1.54, 1.807) is 30.0 Å². The molecule has 0 unspecified atom stereocenters. The largest absolute Gasteiger partial charge is 0.460 e. The minimum atomic E-state index is -0.118. The molecule has 0 aliphatic heterocycles. The van der Waals surface area contributed by atoms with Gasteiger partial charge in [-0.1, -0.05) is 6.07 Å². The van der Waals surface area contributed by atoms with Crippen molar-refractivity contribution >= 4 is 16.9 Å². The molecule has 1 heterocycles. The number of hydrogen-bond acceptors (Lipinski definition) is 3. The van der Waals surface area contributed by atoms with Crippen LogP contribution in [-0.2, 0) is 0 Å². The summed E-state index contributed by atoms with van der Waals surface area (Å²) >= 11 is 0. The molecule has 0 aliphatic rings. The minimum Gasteiger partial charge on any atom is -0.460 e. The quantitative estimate of drug-likeness (QED) is 0.851. The van der Waals surface area contributed by atoms with E-state index < -0.39 is 0 Å². The van der Waals surface area contributed by atoms with Gasteiger partial charge in [-0.3, -0.25) is 9.59 Å². The monoisotopic (exact) mass is 259 g/mol. The van der Waals surface area contributed by atoms with Crippen LogP contribution in [0.2, 0.25) is 0 Å². The summed E-state index contributed by atoms with van der Waals surface area (Å²) in [4.78, 5) is 26.0. The summed E-state index contributed by atoms with van der Waals surface area (Å²) in [6, 6.07) is 6.53. The lowest BCUT2D eigenvalue weighted by Gasteiger charge is -2.19. The highest BCUT2D eigenvalue weighted by Crippen LogP contribution is 2.19. The van der Waals surface area contributed by atoms with Crippen LogP contribution >= 0.6 is 0 Å². The lowest BCUT2D eigenvalue weighted by atomic mass is 10.1. The molecule has 0 saturated heterocycles. The molecule has 0 radical (unpaired) electrons. The second-order valence-electron chi connectivity index (χ2n) is 4.38. The molecule has 19 heavy (non-hydrogen) atoms. The first-order valence-corrected chi connectivity index (χ1v) is 6.41. The summed E-state index contributed by atoms with van der Waals surface area (Å²) in [5.41, 5.74) is 0.708. The highest BCUT2D eigenvalue weighted by molar-refractivity contribution is 6.04. The average molecular weight is 259 g/mol. The lowest BCUT2D eigenvalue weighted by Crippen LogP contribution is -2.30. The van der Waals surface area contributed by atoms with Crippen molar-refractivity contribution in [2.24, 2.45) is 0 Å². The Morgan fingerprint density at radius 1 is 1.26 bits per heavy atom. The molecule has 0 aliphatic carbocycles. The first-order valence-electron chi connectivity index (χ1n) is 6.41. The van der Waals surface area contributed by atoms with E-state index in [-0.39, 0.29) is 11.3 Å². The third kappa shape index (κ3) is 2.38. The SMILES string of the molecule is CCN(CC)C(=O)c1cccc2c(=O)cc(C)oc12. The van der Waals surface area contributed by atoms with Gasteiger partial charge in [0.1, 0.15) is 5.76 Å². The van der Waals surface area contributed by atoms with Gasteiger partial charge in [0, 0.05) is 19.2 Å². The van der Waals surface area contributed by atoms with Gasteiger partial charge in [0.25, 0.3) is 5.91 Å². The molecule has 1 aromatic carbocycles. The van der Waals surface area contributed by atoms with Gasteiger partial charge in [-0.15, -0.1) is 0 Å². The number of aryl methyl sites for hydroxylation is 1. The highest BCUT2D eigenvalue weighted by Gasteiger charge is 2.18. The van der Waals surface area contributed by atoms with Crippen molar-refractivity contribution in [3.05, 3.63) is 45.8 Å². The number of benzene rings is 1. The van der Waals surface area contributed by atoms with E-state index in [0.29, 0.717) is 35.4 Å². The van der Waals surface area contributed by atoms with Crippen LogP contribution in [-0.4, -0.2) is 23.9 Å². The molecule has 4 heteroatoms. The van der Waals surface area contributed by atoms with Crippen LogP contribution < -0.4 is 5.43 Å². The maximum atomic E-state index is 12.4. The standard InChI is InChI=1S/C15H17NO3/c1-4-16(5-2)15(18)12-8-6-7-11-13(17)9-10(3)19-14(11)12/h6-9H,4-5H2,1-3H3. The van der Waals surface area contributed by atoms with E-state index in [1.165, 1.54) is 6.07 Å². The zero-order valence-corrected chi connectivity index (χ0v) is 11.4. The van der Waals surface area contributed by atoms with Gasteiger partial charge < -0.3 is 9.32 Å². The molecular weight excluding hydrogens is 242 g/mol. The van der Waals surface area contributed by atoms with Gasteiger partial charge >= 0.3 is 0 Å². The second kappa shape index (κ2) is 5.26. The van der Waals surface area contributed by atoms with Crippen molar-refractivity contribution in [2.75, 3.05) is 13.1 Å². The van der Waals surface area contributed by atoms with Gasteiger partial charge in [0.15, 0.2) is 11.0 Å². The molecule has 0 atom stereocenters. The summed E-state index contributed by atoms with van der Waals surface area (Å²) < 4.78 is 5.59. The molecule has 1 aromatic heterocycles. The van der Waals surface area contributed by atoms with E-state index in [0.717, 1.165) is 0 Å². The number of amides is 1. The van der Waals surface area contributed by atoms with Crippen molar-refractivity contribution in [1.82, 2.24) is 4.90 Å². The number of carbonyl (C=O) groups excluding carboxylic acids is 1. The van der Waals surface area contributed by atoms with Crippen LogP contribution in [0.3, 0.4) is 0 Å². The average Bonchev–Trinajstić information content (AvgIpc) is 2.39. The molecule has 0 fully saturated rings. The minimum absolute atomic E-state index is 0.107. The van der Waals surface area contributed by atoms with E-state index in [1.807, 2.05) is 13.8 Å². The first kappa shape index (κ1) is 13.3. The number of fused-ring (bicyclic) bond motifs is 1. The van der Waals surface area contributed by atoms with Crippen LogP contribution in [0, 0.1) is 6.92 Å². The summed E-state index contributed by atoms with van der Waals surface area (Å²) in [6.45, 7) is 6.81.